The molecule has 0 atom stereocenters. The molecule has 6 aliphatic carbocycles. The van der Waals surface area contributed by atoms with Crippen LogP contribution in [0.2, 0.25) is 0 Å². The summed E-state index contributed by atoms with van der Waals surface area (Å²) in [6.45, 7) is 0. The van der Waals surface area contributed by atoms with Crippen molar-refractivity contribution < 1.29 is 0 Å². The molecule has 718 valence electrons. The summed E-state index contributed by atoms with van der Waals surface area (Å²) in [5.74, 6) is 2.18. The predicted octanol–water partition coefficient (Wildman–Crippen LogP) is 37.8. The molecule has 150 heavy (non-hydrogen) atoms. The van der Waals surface area contributed by atoms with E-state index in [1.807, 2.05) is 60.7 Å². The zero-order chi connectivity index (χ0) is 99.7. The zero-order valence-electron chi connectivity index (χ0n) is 84.1. The number of benzene rings is 19. The first-order valence-electron chi connectivity index (χ1n) is 53.7. The first kappa shape index (κ1) is 92.3. The Bertz CT molecular complexity index is 8620. The summed E-state index contributed by atoms with van der Waals surface area (Å²) in [6.07, 6.45) is 19.4. The standard InChI is InChI=1S/C52H40N2.2C46H36N2/c1-4-12-41(13-5-1)49-35-50(42-14-6-2-7-15-42)54-51(53-49)43-28-26-39(27-29-43)37-20-18-36(19-21-37)38-22-24-40(25-23-38)44-30-31-48-46(34-44)45-16-8-9-17-47(45)52(48)32-10-3-11-33-52;1-4-14-32(15-5-1)33-22-24-34(25-23-33)43-31-44(48-45(47-43)35-16-6-2-7-17-35)39-20-9-8-18-37(39)36-26-27-42-40(30-36)38-19-10-11-21-41(38)46(42)28-12-3-13-29-46;1-4-12-32(13-5-1)33-18-22-35(23-19-33)43-31-44(48-45(47-43)37-14-6-2-7-15-37)36-24-20-34(21-25-36)38-26-27-42-40(30-38)39-16-8-9-17-41(39)46(42)28-10-3-11-29-46/h1-2,4-9,12-31,34-35H,3,10-11,32-33H2;1-2,4-11,14-27,30-31H,3,12-13,28-29H2;1-2,4-9,12-27,30-31H,3,10-11,28-29H2. The van der Waals surface area contributed by atoms with Gasteiger partial charge in [0.25, 0.3) is 0 Å². The van der Waals surface area contributed by atoms with E-state index in [1.165, 1.54) is 224 Å². The first-order valence-corrected chi connectivity index (χ1v) is 53.7. The van der Waals surface area contributed by atoms with Gasteiger partial charge < -0.3 is 0 Å². The van der Waals surface area contributed by atoms with Crippen LogP contribution >= 0.6 is 0 Å². The van der Waals surface area contributed by atoms with E-state index in [4.69, 9.17) is 29.9 Å². The molecule has 19 aromatic carbocycles. The second-order valence-corrected chi connectivity index (χ2v) is 41.4. The van der Waals surface area contributed by atoms with Crippen molar-refractivity contribution in [3.05, 3.63) is 531 Å². The Morgan fingerprint density at radius 3 is 0.593 bits per heavy atom. The summed E-state index contributed by atoms with van der Waals surface area (Å²) in [5, 5.41) is 0. The van der Waals surface area contributed by atoms with Gasteiger partial charge in [-0.1, -0.05) is 519 Å². The fraction of sp³-hybridized carbons (Fsp3) is 0.125. The monoisotopic (exact) mass is 1920 g/mol. The highest BCUT2D eigenvalue weighted by Crippen LogP contribution is 2.60. The van der Waals surface area contributed by atoms with Gasteiger partial charge >= 0.3 is 0 Å². The SMILES string of the molecule is c1ccc(-c2cc(-c3ccccc3)nc(-c3ccc(-c4ccc(-c5ccc(-c6ccc7c(c6)-c6ccccc6C76CCCCC6)cc5)cc4)cc3)n2)cc1.c1ccc(-c2ccc(-c3cc(-c4ccc(-c5ccc6c(c5)-c5ccccc5C65CCCCC5)cc4)nc(-c4ccccc4)n3)cc2)cc1.c1ccc(-c2ccc(-c3cc(-c4ccccc4-c4ccc5c(c4)-c4ccccc4C54CCCCC4)nc(-c4ccccc4)n3)cc2)cc1. The third kappa shape index (κ3) is 17.7. The van der Waals surface area contributed by atoms with Crippen LogP contribution in [-0.4, -0.2) is 29.9 Å². The van der Waals surface area contributed by atoms with E-state index in [9.17, 15) is 0 Å². The molecule has 0 radical (unpaired) electrons. The summed E-state index contributed by atoms with van der Waals surface area (Å²) in [4.78, 5) is 30.5. The maximum atomic E-state index is 5.22. The second-order valence-electron chi connectivity index (χ2n) is 41.4. The second kappa shape index (κ2) is 40.3. The van der Waals surface area contributed by atoms with Crippen molar-refractivity contribution in [3.8, 4) is 213 Å². The van der Waals surface area contributed by atoms with E-state index < -0.39 is 0 Å². The lowest BCUT2D eigenvalue weighted by Gasteiger charge is -2.36. The fourth-order valence-electron chi connectivity index (χ4n) is 25.2. The molecule has 0 aliphatic heterocycles. The Hall–Kier alpha value is -17.6. The molecule has 22 aromatic rings. The quantitative estimate of drug-likeness (QED) is 0.0959. The summed E-state index contributed by atoms with van der Waals surface area (Å²) in [6, 6.07) is 179. The van der Waals surface area contributed by atoms with Crippen LogP contribution in [-0.2, 0) is 16.2 Å². The van der Waals surface area contributed by atoms with Crippen molar-refractivity contribution in [3.63, 3.8) is 0 Å². The molecule has 3 spiro atoms. The number of nitrogens with zero attached hydrogens (tertiary/aromatic N) is 6. The van der Waals surface area contributed by atoms with Gasteiger partial charge in [-0.2, -0.15) is 0 Å². The fourth-order valence-corrected chi connectivity index (χ4v) is 25.2. The van der Waals surface area contributed by atoms with Crippen LogP contribution in [0.15, 0.2) is 497 Å². The zero-order valence-corrected chi connectivity index (χ0v) is 84.1. The highest BCUT2D eigenvalue weighted by atomic mass is 14.9. The normalized spacial score (nSPS) is 14.3. The maximum Gasteiger partial charge on any atom is 0.160 e. The molecule has 3 fully saturated rings. The number of fused-ring (bicyclic) bond motifs is 15. The molecule has 0 unspecified atom stereocenters. The third-order valence-electron chi connectivity index (χ3n) is 32.8. The molecule has 3 heterocycles. The number of hydrogen-bond acceptors (Lipinski definition) is 6. The van der Waals surface area contributed by atoms with Crippen molar-refractivity contribution in [1.29, 1.82) is 0 Å². The molecule has 3 aromatic heterocycles. The molecular formula is C144H112N6. The number of aromatic nitrogens is 6. The van der Waals surface area contributed by atoms with Crippen molar-refractivity contribution in [2.45, 2.75) is 113 Å². The van der Waals surface area contributed by atoms with Gasteiger partial charge in [0.2, 0.25) is 0 Å². The highest BCUT2D eigenvalue weighted by Gasteiger charge is 2.47. The number of hydrogen-bond donors (Lipinski definition) is 0. The third-order valence-corrected chi connectivity index (χ3v) is 32.8. The van der Waals surface area contributed by atoms with Gasteiger partial charge in [0.15, 0.2) is 17.5 Å². The Morgan fingerprint density at radius 2 is 0.293 bits per heavy atom. The van der Waals surface area contributed by atoms with Crippen LogP contribution in [0.4, 0.5) is 0 Å². The lowest BCUT2D eigenvalue weighted by Crippen LogP contribution is -2.27. The predicted molar refractivity (Wildman–Crippen MR) is 621 cm³/mol. The average Bonchev–Trinajstić information content (AvgIpc) is 1.57. The topological polar surface area (TPSA) is 77.3 Å². The van der Waals surface area contributed by atoms with Crippen molar-refractivity contribution in [1.82, 2.24) is 29.9 Å². The van der Waals surface area contributed by atoms with Crippen LogP contribution < -0.4 is 0 Å². The van der Waals surface area contributed by atoms with Gasteiger partial charge in [0, 0.05) is 66.3 Å². The van der Waals surface area contributed by atoms with Crippen molar-refractivity contribution in [2.75, 3.05) is 0 Å². The van der Waals surface area contributed by atoms with Gasteiger partial charge in [0.1, 0.15) is 0 Å². The molecular weight excluding hydrogens is 1810 g/mol. The van der Waals surface area contributed by atoms with Crippen LogP contribution in [0.1, 0.15) is 130 Å². The molecule has 6 heteroatoms. The van der Waals surface area contributed by atoms with E-state index in [1.54, 1.807) is 11.1 Å². The van der Waals surface area contributed by atoms with Gasteiger partial charge in [-0.15, -0.1) is 0 Å². The van der Waals surface area contributed by atoms with Gasteiger partial charge in [-0.3, -0.25) is 0 Å². The van der Waals surface area contributed by atoms with Crippen LogP contribution in [0, 0.1) is 0 Å². The molecule has 6 nitrogen and oxygen atoms in total. The van der Waals surface area contributed by atoms with Gasteiger partial charge in [-0.05, 0) is 220 Å². The molecule has 6 aliphatic rings. The van der Waals surface area contributed by atoms with E-state index in [-0.39, 0.29) is 16.2 Å². The summed E-state index contributed by atoms with van der Waals surface area (Å²) in [5.41, 5.74) is 50.2. The highest BCUT2D eigenvalue weighted by molar-refractivity contribution is 5.93. The molecule has 0 bridgehead atoms. The van der Waals surface area contributed by atoms with E-state index in [2.05, 4.69) is 437 Å². The first-order chi connectivity index (χ1) is 74.2. The van der Waals surface area contributed by atoms with Crippen LogP contribution in [0.5, 0.6) is 0 Å². The van der Waals surface area contributed by atoms with Crippen LogP contribution in [0.3, 0.4) is 0 Å². The molecule has 28 rings (SSSR count). The minimum atomic E-state index is 0.157. The van der Waals surface area contributed by atoms with Gasteiger partial charge in [-0.25, -0.2) is 29.9 Å². The minimum absolute atomic E-state index is 0.157. The molecule has 3 saturated carbocycles. The smallest absolute Gasteiger partial charge is 0.160 e. The molecule has 0 saturated heterocycles. The summed E-state index contributed by atoms with van der Waals surface area (Å²) >= 11 is 0. The summed E-state index contributed by atoms with van der Waals surface area (Å²) < 4.78 is 0. The van der Waals surface area contributed by atoms with Crippen LogP contribution in [0.25, 0.3) is 213 Å². The van der Waals surface area contributed by atoms with E-state index >= 15 is 0 Å². The molecule has 0 amide bonds. The van der Waals surface area contributed by atoms with Gasteiger partial charge in [0.05, 0.1) is 34.2 Å². The minimum Gasteiger partial charge on any atom is -0.228 e. The van der Waals surface area contributed by atoms with Crippen molar-refractivity contribution >= 4 is 0 Å². The Morgan fingerprint density at radius 1 is 0.113 bits per heavy atom. The summed E-state index contributed by atoms with van der Waals surface area (Å²) in [7, 11) is 0. The Labute approximate surface area is 879 Å². The number of rotatable bonds is 16. The average molecular weight is 1930 g/mol. The Kier molecular flexibility index (Phi) is 24.8. The van der Waals surface area contributed by atoms with E-state index in [0.717, 1.165) is 107 Å². The Balaban J connectivity index is 0.000000114. The lowest BCUT2D eigenvalue weighted by molar-refractivity contribution is 0.353. The van der Waals surface area contributed by atoms with Crippen molar-refractivity contribution in [2.24, 2.45) is 0 Å². The largest absolute Gasteiger partial charge is 0.228 e. The lowest BCUT2D eigenvalue weighted by atomic mass is 9.68. The van der Waals surface area contributed by atoms with E-state index in [0.29, 0.717) is 0 Å². The molecule has 0 N–H and O–H groups in total. The maximum absolute atomic E-state index is 5.22.